The van der Waals surface area contributed by atoms with E-state index in [1.54, 1.807) is 64.2 Å². The number of hydrogen-bond donors (Lipinski definition) is 8. The number of rotatable bonds is 28. The van der Waals surface area contributed by atoms with Crippen LogP contribution in [0.2, 0.25) is 0 Å². The minimum atomic E-state index is -1.40. The van der Waals surface area contributed by atoms with Crippen LogP contribution in [-0.2, 0) is 51.5 Å². The van der Waals surface area contributed by atoms with E-state index in [9.17, 15) is 48.3 Å². The predicted octanol–water partition coefficient (Wildman–Crippen LogP) is 2.99. The first-order chi connectivity index (χ1) is 35.2. The van der Waals surface area contributed by atoms with Gasteiger partial charge in [0.05, 0.1) is 24.5 Å². The van der Waals surface area contributed by atoms with Crippen molar-refractivity contribution in [3.05, 3.63) is 71.5 Å². The smallest absolute Gasteiger partial charge is 0.326 e. The van der Waals surface area contributed by atoms with E-state index in [-0.39, 0.29) is 110 Å². The van der Waals surface area contributed by atoms with Crippen LogP contribution in [-0.4, -0.2) is 115 Å². The van der Waals surface area contributed by atoms with Gasteiger partial charge in [-0.15, -0.1) is 0 Å². The SMILES string of the molecule is CC1CC(=O)N(CCCCCC(=O)N[C@H](C(=O)C[C@@H](CCCNC(N)=O)C(=O)Nc2ccc(COC(=O)CC[C@H](NC(=O)c3ccc(N(C)Cc4cnc5nc(N)nc(N)c5n4)cc3)C(=O)O)cc2)C(C)C)C1=O. The number of nitrogens with one attached hydrogen (secondary N) is 4. The number of fused-ring (bicyclic) bond motifs is 1. The number of esters is 1. The second-order valence-electron chi connectivity index (χ2n) is 18.5. The highest BCUT2D eigenvalue weighted by atomic mass is 16.5. The predicted molar refractivity (Wildman–Crippen MR) is 271 cm³/mol. The molecule has 11 N–H and O–H groups in total. The molecule has 0 aliphatic carbocycles. The fourth-order valence-electron chi connectivity index (χ4n) is 8.12. The van der Waals surface area contributed by atoms with Gasteiger partial charge >= 0.3 is 18.0 Å². The van der Waals surface area contributed by atoms with E-state index in [1.165, 1.54) is 23.2 Å². The van der Waals surface area contributed by atoms with Crippen molar-refractivity contribution in [2.24, 2.45) is 23.5 Å². The van der Waals surface area contributed by atoms with Crippen LogP contribution in [0.4, 0.5) is 27.9 Å². The Kier molecular flexibility index (Phi) is 20.6. The van der Waals surface area contributed by atoms with Crippen LogP contribution >= 0.6 is 0 Å². The molecule has 7 amide bonds. The first-order valence-corrected chi connectivity index (χ1v) is 24.3. The molecular weight excluding hydrogens is 959 g/mol. The quantitative estimate of drug-likeness (QED) is 0.0230. The Balaban J connectivity index is 1.06. The lowest BCUT2D eigenvalue weighted by atomic mass is 9.89. The average Bonchev–Trinajstić information content (AvgIpc) is 3.60. The first kappa shape index (κ1) is 56.6. The van der Waals surface area contributed by atoms with E-state index in [0.717, 1.165) is 0 Å². The van der Waals surface area contributed by atoms with Gasteiger partial charge in [-0.2, -0.15) is 9.97 Å². The summed E-state index contributed by atoms with van der Waals surface area (Å²) in [6.45, 7) is 5.91. The number of anilines is 4. The van der Waals surface area contributed by atoms with E-state index in [1.807, 2.05) is 4.90 Å². The lowest BCUT2D eigenvalue weighted by Crippen LogP contribution is -2.45. The van der Waals surface area contributed by atoms with Gasteiger partial charge in [0.25, 0.3) is 5.91 Å². The maximum Gasteiger partial charge on any atom is 0.326 e. The number of nitrogen functional groups attached to an aromatic ring is 2. The van der Waals surface area contributed by atoms with Crippen LogP contribution < -0.4 is 43.4 Å². The molecule has 2 aromatic heterocycles. The van der Waals surface area contributed by atoms with Crippen LogP contribution in [0.5, 0.6) is 0 Å². The number of ketones is 1. The standard InChI is InChI=1S/C50H65N13O11/c1-28(2)41(59-38(65)10-6-5-7-22-63-39(66)23-29(3)47(63)70)37(64)24-32(9-8-21-54-50(53)73)46(69)57-33-15-11-30(12-16-33)27-74-40(67)20-19-36(48(71)72)58-45(68)31-13-17-35(18-14-31)62(4)26-34-25-55-44-42(56-34)43(51)60-49(52)61-44/h11-18,25,28-29,32,36,41H,5-10,19-24,26-27H2,1-4H3,(H,57,69)(H,58,68)(H,59,65)(H,71,72)(H3,53,54,73)(H4,51,52,55,60,61)/t29?,32-,36+,41+/m1/s1. The number of urea groups is 1. The Bertz CT molecular complexity index is 2690. The largest absolute Gasteiger partial charge is 0.480 e. The minimum Gasteiger partial charge on any atom is -0.480 e. The number of carbonyl (C=O) groups excluding carboxylic acids is 8. The number of aromatic nitrogens is 4. The zero-order valence-electron chi connectivity index (χ0n) is 41.9. The van der Waals surface area contributed by atoms with E-state index < -0.39 is 47.8 Å². The van der Waals surface area contributed by atoms with Gasteiger partial charge in [0.2, 0.25) is 29.6 Å². The molecule has 24 heteroatoms. The Morgan fingerprint density at radius 2 is 1.61 bits per heavy atom. The van der Waals surface area contributed by atoms with Crippen molar-refractivity contribution in [3.63, 3.8) is 0 Å². The summed E-state index contributed by atoms with van der Waals surface area (Å²) < 4.78 is 5.37. The number of aliphatic carboxylic acids is 1. The zero-order valence-corrected chi connectivity index (χ0v) is 41.9. The number of ether oxygens (including phenoxy) is 1. The number of Topliss-reactive ketones (excluding diaryl/α,β-unsaturated/α-hetero) is 1. The highest BCUT2D eigenvalue weighted by Crippen LogP contribution is 2.23. The summed E-state index contributed by atoms with van der Waals surface area (Å²) in [5, 5.41) is 20.4. The number of benzene rings is 2. The Morgan fingerprint density at radius 3 is 2.26 bits per heavy atom. The lowest BCUT2D eigenvalue weighted by molar-refractivity contribution is -0.146. The highest BCUT2D eigenvalue weighted by molar-refractivity contribution is 6.03. The summed E-state index contributed by atoms with van der Waals surface area (Å²) in [4.78, 5) is 133. The molecule has 1 saturated heterocycles. The molecule has 1 aliphatic rings. The molecule has 0 radical (unpaired) electrons. The van der Waals surface area contributed by atoms with Crippen LogP contribution in [0, 0.1) is 17.8 Å². The maximum atomic E-state index is 13.7. The van der Waals surface area contributed by atoms with Crippen LogP contribution in [0.3, 0.4) is 0 Å². The van der Waals surface area contributed by atoms with Gasteiger partial charge < -0.3 is 53.2 Å². The second-order valence-corrected chi connectivity index (χ2v) is 18.5. The number of amides is 7. The zero-order chi connectivity index (χ0) is 54.1. The highest BCUT2D eigenvalue weighted by Gasteiger charge is 2.35. The van der Waals surface area contributed by atoms with Crippen molar-refractivity contribution < 1.29 is 53.0 Å². The lowest BCUT2D eigenvalue weighted by Gasteiger charge is -2.24. The van der Waals surface area contributed by atoms with Crippen molar-refractivity contribution in [2.45, 2.75) is 110 Å². The van der Waals surface area contributed by atoms with E-state index in [0.29, 0.717) is 66.9 Å². The number of likely N-dealkylation sites (tertiary alicyclic amines) is 1. The Hall–Kier alpha value is -8.31. The van der Waals surface area contributed by atoms with Crippen molar-refractivity contribution in [3.8, 4) is 0 Å². The topological polar surface area (TPSA) is 367 Å². The number of nitrogens with zero attached hydrogens (tertiary/aromatic N) is 6. The molecule has 1 unspecified atom stereocenters. The van der Waals surface area contributed by atoms with Crippen molar-refractivity contribution in [1.29, 1.82) is 0 Å². The number of carbonyl (C=O) groups is 9. The number of imide groups is 1. The second kappa shape index (κ2) is 26.9. The molecule has 0 bridgehead atoms. The van der Waals surface area contributed by atoms with E-state index >= 15 is 0 Å². The first-order valence-electron chi connectivity index (χ1n) is 24.3. The van der Waals surface area contributed by atoms with Crippen LogP contribution in [0.25, 0.3) is 11.2 Å². The maximum absolute atomic E-state index is 13.7. The van der Waals surface area contributed by atoms with Gasteiger partial charge in [-0.3, -0.25) is 38.5 Å². The van der Waals surface area contributed by atoms with Gasteiger partial charge in [0, 0.05) is 74.6 Å². The molecule has 0 saturated carbocycles. The summed E-state index contributed by atoms with van der Waals surface area (Å²) in [6, 6.07) is 9.80. The third-order valence-corrected chi connectivity index (χ3v) is 12.3. The van der Waals surface area contributed by atoms with E-state index in [4.69, 9.17) is 21.9 Å². The summed E-state index contributed by atoms with van der Waals surface area (Å²) in [5.74, 6) is -5.60. The molecule has 396 valence electrons. The molecule has 1 aliphatic heterocycles. The third kappa shape index (κ3) is 16.9. The molecule has 1 fully saturated rings. The summed E-state index contributed by atoms with van der Waals surface area (Å²) in [6.07, 6.45) is 3.28. The Labute approximate surface area is 427 Å². The average molecular weight is 1020 g/mol. The number of hydrogen-bond acceptors (Lipinski definition) is 17. The summed E-state index contributed by atoms with van der Waals surface area (Å²) in [5.41, 5.74) is 19.8. The Morgan fingerprint density at radius 1 is 0.892 bits per heavy atom. The number of nitrogens with two attached hydrogens (primary N) is 3. The van der Waals surface area contributed by atoms with Crippen molar-refractivity contribution >= 4 is 87.6 Å². The fraction of sp³-hybridized carbons (Fsp3) is 0.460. The van der Waals surface area contributed by atoms with E-state index in [2.05, 4.69) is 41.2 Å². The van der Waals surface area contributed by atoms with Gasteiger partial charge in [-0.05, 0) is 80.0 Å². The van der Waals surface area contributed by atoms with Gasteiger partial charge in [-0.25, -0.2) is 19.6 Å². The number of primary amides is 1. The number of carboxylic acids is 1. The molecular formula is C50H65N13O11. The van der Waals surface area contributed by atoms with Gasteiger partial charge in [-0.1, -0.05) is 39.3 Å². The molecule has 4 aromatic rings. The minimum absolute atomic E-state index is 0.0146. The van der Waals surface area contributed by atoms with Gasteiger partial charge in [0.1, 0.15) is 12.6 Å². The third-order valence-electron chi connectivity index (χ3n) is 12.3. The summed E-state index contributed by atoms with van der Waals surface area (Å²) in [7, 11) is 1.80. The molecule has 24 nitrogen and oxygen atoms in total. The number of carboxylic acid groups (broad SMARTS) is 1. The molecule has 3 heterocycles. The molecule has 5 rings (SSSR count). The molecule has 4 atom stereocenters. The van der Waals surface area contributed by atoms with Crippen LogP contribution in [0.15, 0.2) is 54.7 Å². The fourth-order valence-corrected chi connectivity index (χ4v) is 8.12. The van der Waals surface area contributed by atoms with Crippen LogP contribution in [0.1, 0.15) is 107 Å². The monoisotopic (exact) mass is 1020 g/mol. The van der Waals surface area contributed by atoms with Crippen molar-refractivity contribution in [1.82, 2.24) is 40.8 Å². The van der Waals surface area contributed by atoms with Crippen molar-refractivity contribution in [2.75, 3.05) is 41.8 Å². The molecule has 74 heavy (non-hydrogen) atoms. The summed E-state index contributed by atoms with van der Waals surface area (Å²) >= 11 is 0. The molecule has 0 spiro atoms. The molecule has 2 aromatic carbocycles. The normalized spacial score (nSPS) is 14.5. The number of unbranched alkanes of at least 4 members (excludes halogenated alkanes) is 2. The van der Waals surface area contributed by atoms with Gasteiger partial charge in [0.15, 0.2) is 22.8 Å².